The first-order valence-electron chi connectivity index (χ1n) is 2.78. The van der Waals surface area contributed by atoms with E-state index in [-0.39, 0.29) is 0 Å². The van der Waals surface area contributed by atoms with Gasteiger partial charge in [0.25, 0.3) is 0 Å². The second-order valence-corrected chi connectivity index (χ2v) is 3.21. The van der Waals surface area contributed by atoms with Gasteiger partial charge in [-0.3, -0.25) is 0 Å². The summed E-state index contributed by atoms with van der Waals surface area (Å²) in [5.74, 6) is 0. The fraction of sp³-hybridized carbons (Fsp3) is 0.333. The van der Waals surface area contributed by atoms with Gasteiger partial charge < -0.3 is 4.98 Å². The van der Waals surface area contributed by atoms with Crippen molar-refractivity contribution in [1.82, 2.24) is 4.98 Å². The van der Waals surface area contributed by atoms with Crippen molar-refractivity contribution in [3.05, 3.63) is 16.8 Å². The predicted octanol–water partition coefficient (Wildman–Crippen LogP) is 3.00. The van der Waals surface area contributed by atoms with Crippen LogP contribution >= 0.6 is 23.4 Å². The summed E-state index contributed by atoms with van der Waals surface area (Å²) in [4.78, 5) is 2.94. The second-order valence-electron chi connectivity index (χ2n) is 1.88. The molecule has 0 amide bonds. The number of aromatic amines is 1. The van der Waals surface area contributed by atoms with Crippen LogP contribution in [0.1, 0.15) is 5.69 Å². The van der Waals surface area contributed by atoms with Crippen LogP contribution in [0.4, 0.5) is 4.39 Å². The average molecular weight is 180 g/mol. The summed E-state index contributed by atoms with van der Waals surface area (Å²) in [7, 11) is 0. The summed E-state index contributed by atoms with van der Waals surface area (Å²) in [5.41, 5.74) is 0.959. The van der Waals surface area contributed by atoms with Gasteiger partial charge in [-0.15, -0.1) is 0 Å². The first kappa shape index (κ1) is 7.95. The van der Waals surface area contributed by atoms with Gasteiger partial charge in [-0.05, 0) is 13.0 Å². The van der Waals surface area contributed by atoms with Gasteiger partial charge in [0, 0.05) is 5.69 Å². The molecule has 0 aliphatic rings. The zero-order valence-electron chi connectivity index (χ0n) is 5.45. The van der Waals surface area contributed by atoms with Crippen molar-refractivity contribution in [3.63, 3.8) is 0 Å². The van der Waals surface area contributed by atoms with Crippen molar-refractivity contribution < 1.29 is 4.39 Å². The Morgan fingerprint density at radius 2 is 2.50 bits per heavy atom. The van der Waals surface area contributed by atoms with Crippen LogP contribution in [-0.4, -0.2) is 11.0 Å². The standard InChI is InChI=1S/C6H7ClFNS/c1-4-2-5(7)6(9-4)10-3-8/h2,9H,3H2,1H3. The molecule has 0 atom stereocenters. The van der Waals surface area contributed by atoms with Crippen LogP contribution in [0.2, 0.25) is 5.02 Å². The molecule has 1 N–H and O–H groups in total. The molecule has 0 unspecified atom stereocenters. The van der Waals surface area contributed by atoms with E-state index < -0.39 is 6.01 Å². The van der Waals surface area contributed by atoms with Crippen molar-refractivity contribution >= 4 is 23.4 Å². The van der Waals surface area contributed by atoms with Crippen LogP contribution in [-0.2, 0) is 0 Å². The maximum absolute atomic E-state index is 11.8. The number of hydrogen-bond donors (Lipinski definition) is 1. The maximum Gasteiger partial charge on any atom is 0.141 e. The molecule has 1 heterocycles. The highest BCUT2D eigenvalue weighted by Crippen LogP contribution is 2.26. The molecule has 0 spiro atoms. The topological polar surface area (TPSA) is 15.8 Å². The van der Waals surface area contributed by atoms with E-state index in [1.54, 1.807) is 6.07 Å². The Balaban J connectivity index is 2.81. The lowest BCUT2D eigenvalue weighted by Gasteiger charge is -1.90. The van der Waals surface area contributed by atoms with Crippen LogP contribution in [0.15, 0.2) is 11.1 Å². The van der Waals surface area contributed by atoms with Crippen molar-refractivity contribution in [2.75, 3.05) is 6.01 Å². The zero-order chi connectivity index (χ0) is 7.56. The van der Waals surface area contributed by atoms with E-state index in [0.717, 1.165) is 17.5 Å². The Kier molecular flexibility index (Phi) is 2.63. The number of thioether (sulfide) groups is 1. The SMILES string of the molecule is Cc1cc(Cl)c(SCF)[nH]1. The van der Waals surface area contributed by atoms with Crippen LogP contribution in [0.3, 0.4) is 0 Å². The molecule has 10 heavy (non-hydrogen) atoms. The van der Waals surface area contributed by atoms with E-state index >= 15 is 0 Å². The highest BCUT2D eigenvalue weighted by molar-refractivity contribution is 7.99. The number of hydrogen-bond acceptors (Lipinski definition) is 1. The highest BCUT2D eigenvalue weighted by Gasteiger charge is 2.02. The fourth-order valence-corrected chi connectivity index (χ4v) is 1.60. The largest absolute Gasteiger partial charge is 0.353 e. The van der Waals surface area contributed by atoms with Gasteiger partial charge in [0.15, 0.2) is 0 Å². The van der Waals surface area contributed by atoms with Crippen molar-refractivity contribution in [1.29, 1.82) is 0 Å². The van der Waals surface area contributed by atoms with Gasteiger partial charge in [0.2, 0.25) is 0 Å². The summed E-state index contributed by atoms with van der Waals surface area (Å²) < 4.78 is 11.8. The van der Waals surface area contributed by atoms with E-state index in [2.05, 4.69) is 4.98 Å². The molecule has 0 bridgehead atoms. The molecule has 1 nitrogen and oxygen atoms in total. The summed E-state index contributed by atoms with van der Waals surface area (Å²) in [5, 5.41) is 1.31. The van der Waals surface area contributed by atoms with E-state index in [9.17, 15) is 4.39 Å². The Morgan fingerprint density at radius 1 is 1.80 bits per heavy atom. The minimum atomic E-state index is -0.445. The van der Waals surface area contributed by atoms with Crippen LogP contribution in [0.25, 0.3) is 0 Å². The van der Waals surface area contributed by atoms with E-state index in [0.29, 0.717) is 10.0 Å². The quantitative estimate of drug-likeness (QED) is 0.691. The number of nitrogens with one attached hydrogen (secondary N) is 1. The number of aromatic nitrogens is 1. The molecule has 0 aromatic carbocycles. The molecule has 56 valence electrons. The number of alkyl halides is 1. The Morgan fingerprint density at radius 3 is 2.90 bits per heavy atom. The molecule has 0 aliphatic heterocycles. The van der Waals surface area contributed by atoms with Gasteiger partial charge >= 0.3 is 0 Å². The monoisotopic (exact) mass is 179 g/mol. The van der Waals surface area contributed by atoms with Crippen LogP contribution < -0.4 is 0 Å². The van der Waals surface area contributed by atoms with Crippen molar-refractivity contribution in [2.24, 2.45) is 0 Å². The van der Waals surface area contributed by atoms with Gasteiger partial charge in [0.1, 0.15) is 6.01 Å². The van der Waals surface area contributed by atoms with Gasteiger partial charge in [0.05, 0.1) is 10.0 Å². The van der Waals surface area contributed by atoms with E-state index in [4.69, 9.17) is 11.6 Å². The second kappa shape index (κ2) is 3.30. The molecular formula is C6H7ClFNS. The summed E-state index contributed by atoms with van der Waals surface area (Å²) >= 11 is 6.77. The third kappa shape index (κ3) is 1.67. The zero-order valence-corrected chi connectivity index (χ0v) is 7.02. The van der Waals surface area contributed by atoms with E-state index in [1.165, 1.54) is 0 Å². The number of halogens is 2. The third-order valence-corrected chi connectivity index (χ3v) is 2.20. The summed E-state index contributed by atoms with van der Waals surface area (Å²) in [6.45, 7) is 1.88. The van der Waals surface area contributed by atoms with Crippen LogP contribution in [0, 0.1) is 6.92 Å². The first-order valence-corrected chi connectivity index (χ1v) is 4.14. The smallest absolute Gasteiger partial charge is 0.141 e. The lowest BCUT2D eigenvalue weighted by molar-refractivity contribution is 0.605. The number of H-pyrrole nitrogens is 1. The van der Waals surface area contributed by atoms with Gasteiger partial charge in [-0.1, -0.05) is 23.4 Å². The lowest BCUT2D eigenvalue weighted by Crippen LogP contribution is -1.71. The predicted molar refractivity (Wildman–Crippen MR) is 42.4 cm³/mol. The molecule has 0 aliphatic carbocycles. The molecule has 4 heteroatoms. The molecule has 0 saturated carbocycles. The fourth-order valence-electron chi connectivity index (χ4n) is 0.690. The Labute approximate surface area is 68.0 Å². The molecular weight excluding hydrogens is 173 g/mol. The summed E-state index contributed by atoms with van der Waals surface area (Å²) in [6.07, 6.45) is 0. The number of rotatable bonds is 2. The lowest BCUT2D eigenvalue weighted by atomic mass is 10.5. The minimum absolute atomic E-state index is 0.445. The van der Waals surface area contributed by atoms with Crippen molar-refractivity contribution in [3.8, 4) is 0 Å². The minimum Gasteiger partial charge on any atom is -0.353 e. The molecule has 0 fully saturated rings. The van der Waals surface area contributed by atoms with Gasteiger partial charge in [-0.2, -0.15) is 0 Å². The van der Waals surface area contributed by atoms with Crippen molar-refractivity contribution in [2.45, 2.75) is 11.9 Å². The Hall–Kier alpha value is -0.150. The first-order chi connectivity index (χ1) is 4.74. The maximum atomic E-state index is 11.8. The van der Waals surface area contributed by atoms with Crippen LogP contribution in [0.5, 0.6) is 0 Å². The highest BCUT2D eigenvalue weighted by atomic mass is 35.5. The molecule has 0 radical (unpaired) electrons. The Bertz CT molecular complexity index is 224. The molecule has 1 aromatic heterocycles. The third-order valence-electron chi connectivity index (χ3n) is 1.07. The number of aryl methyl sites for hydroxylation is 1. The van der Waals surface area contributed by atoms with Gasteiger partial charge in [-0.25, -0.2) is 4.39 Å². The average Bonchev–Trinajstić information content (AvgIpc) is 2.13. The van der Waals surface area contributed by atoms with E-state index in [1.807, 2.05) is 6.92 Å². The summed E-state index contributed by atoms with van der Waals surface area (Å²) in [6, 6.07) is 1.33. The molecule has 1 aromatic rings. The molecule has 0 saturated heterocycles. The normalized spacial score (nSPS) is 10.3. The molecule has 1 rings (SSSR count).